The van der Waals surface area contributed by atoms with Crippen molar-refractivity contribution in [2.75, 3.05) is 13.2 Å². The van der Waals surface area contributed by atoms with Crippen molar-refractivity contribution in [3.63, 3.8) is 0 Å². The SMILES string of the molecule is NC1CCOCC1Sc1cc(F)ccc1F. The summed E-state index contributed by atoms with van der Waals surface area (Å²) >= 11 is 1.25. The minimum Gasteiger partial charge on any atom is -0.380 e. The zero-order valence-electron chi connectivity index (χ0n) is 8.66. The van der Waals surface area contributed by atoms with Gasteiger partial charge in [-0.3, -0.25) is 0 Å². The molecule has 2 atom stereocenters. The number of hydrogen-bond donors (Lipinski definition) is 1. The molecule has 0 radical (unpaired) electrons. The molecule has 0 aromatic heterocycles. The fourth-order valence-electron chi connectivity index (χ4n) is 1.58. The number of hydrogen-bond acceptors (Lipinski definition) is 3. The summed E-state index contributed by atoms with van der Waals surface area (Å²) < 4.78 is 31.6. The Morgan fingerprint density at radius 2 is 2.19 bits per heavy atom. The highest BCUT2D eigenvalue weighted by Gasteiger charge is 2.24. The van der Waals surface area contributed by atoms with Crippen molar-refractivity contribution in [2.45, 2.75) is 22.6 Å². The molecule has 1 fully saturated rings. The zero-order chi connectivity index (χ0) is 11.5. The third-order valence-electron chi connectivity index (χ3n) is 2.53. The molecule has 88 valence electrons. The Hall–Kier alpha value is -0.650. The molecule has 1 aromatic rings. The predicted molar refractivity (Wildman–Crippen MR) is 59.4 cm³/mol. The molecule has 0 saturated carbocycles. The van der Waals surface area contributed by atoms with Gasteiger partial charge in [-0.2, -0.15) is 0 Å². The predicted octanol–water partition coefficient (Wildman–Crippen LogP) is 2.17. The van der Waals surface area contributed by atoms with Crippen LogP contribution in [0.25, 0.3) is 0 Å². The fourth-order valence-corrected chi connectivity index (χ4v) is 2.74. The van der Waals surface area contributed by atoms with Crippen LogP contribution in [0.2, 0.25) is 0 Å². The minimum absolute atomic E-state index is 0.00921. The van der Waals surface area contributed by atoms with Crippen LogP contribution in [0.15, 0.2) is 23.1 Å². The van der Waals surface area contributed by atoms with Gasteiger partial charge in [-0.1, -0.05) is 0 Å². The Balaban J connectivity index is 2.10. The van der Waals surface area contributed by atoms with E-state index in [4.69, 9.17) is 10.5 Å². The highest BCUT2D eigenvalue weighted by atomic mass is 32.2. The maximum atomic E-state index is 13.4. The highest BCUT2D eigenvalue weighted by Crippen LogP contribution is 2.30. The van der Waals surface area contributed by atoms with Gasteiger partial charge in [0, 0.05) is 22.8 Å². The monoisotopic (exact) mass is 245 g/mol. The number of nitrogens with two attached hydrogens (primary N) is 1. The standard InChI is InChI=1S/C11H13F2NOS/c12-7-1-2-8(13)10(5-7)16-11-6-15-4-3-9(11)14/h1-2,5,9,11H,3-4,6,14H2. The molecule has 0 aliphatic carbocycles. The second-order valence-electron chi connectivity index (χ2n) is 3.76. The molecule has 5 heteroatoms. The Labute approximate surface area is 97.2 Å². The van der Waals surface area contributed by atoms with Crippen molar-refractivity contribution in [1.29, 1.82) is 0 Å². The van der Waals surface area contributed by atoms with Gasteiger partial charge in [0.15, 0.2) is 0 Å². The van der Waals surface area contributed by atoms with Crippen molar-refractivity contribution in [3.05, 3.63) is 29.8 Å². The largest absolute Gasteiger partial charge is 0.380 e. The number of halogens is 2. The smallest absolute Gasteiger partial charge is 0.136 e. The second-order valence-corrected chi connectivity index (χ2v) is 5.04. The molecular weight excluding hydrogens is 232 g/mol. The van der Waals surface area contributed by atoms with Gasteiger partial charge in [-0.15, -0.1) is 11.8 Å². The average Bonchev–Trinajstić information content (AvgIpc) is 2.27. The van der Waals surface area contributed by atoms with Crippen molar-refractivity contribution < 1.29 is 13.5 Å². The molecule has 1 saturated heterocycles. The van der Waals surface area contributed by atoms with Gasteiger partial charge in [0.1, 0.15) is 11.6 Å². The molecule has 1 aliphatic heterocycles. The molecule has 1 aliphatic rings. The van der Waals surface area contributed by atoms with Crippen LogP contribution in [0.1, 0.15) is 6.42 Å². The summed E-state index contributed by atoms with van der Waals surface area (Å²) in [4.78, 5) is 0.297. The molecule has 0 amide bonds. The van der Waals surface area contributed by atoms with Crippen LogP contribution >= 0.6 is 11.8 Å². The van der Waals surface area contributed by atoms with Crippen LogP contribution < -0.4 is 5.73 Å². The Kier molecular flexibility index (Phi) is 3.78. The van der Waals surface area contributed by atoms with Crippen LogP contribution in [0.5, 0.6) is 0 Å². The van der Waals surface area contributed by atoms with E-state index in [0.29, 0.717) is 18.1 Å². The minimum atomic E-state index is -0.436. The lowest BCUT2D eigenvalue weighted by atomic mass is 10.1. The highest BCUT2D eigenvalue weighted by molar-refractivity contribution is 8.00. The molecule has 0 spiro atoms. The molecule has 1 heterocycles. The molecule has 1 aromatic carbocycles. The summed E-state index contributed by atoms with van der Waals surface area (Å²) in [7, 11) is 0. The lowest BCUT2D eigenvalue weighted by Gasteiger charge is -2.28. The van der Waals surface area contributed by atoms with E-state index in [-0.39, 0.29) is 11.3 Å². The molecule has 2 unspecified atom stereocenters. The van der Waals surface area contributed by atoms with Crippen LogP contribution in [0.4, 0.5) is 8.78 Å². The van der Waals surface area contributed by atoms with Gasteiger partial charge in [0.2, 0.25) is 0 Å². The Morgan fingerprint density at radius 1 is 1.38 bits per heavy atom. The molecule has 2 rings (SSSR count). The normalized spacial score (nSPS) is 25.7. The topological polar surface area (TPSA) is 35.2 Å². The van der Waals surface area contributed by atoms with E-state index in [1.807, 2.05) is 0 Å². The molecule has 16 heavy (non-hydrogen) atoms. The van der Waals surface area contributed by atoms with Gasteiger partial charge in [-0.05, 0) is 24.6 Å². The molecule has 2 N–H and O–H groups in total. The number of rotatable bonds is 2. The van der Waals surface area contributed by atoms with Crippen molar-refractivity contribution in [3.8, 4) is 0 Å². The van der Waals surface area contributed by atoms with E-state index in [9.17, 15) is 8.78 Å². The summed E-state index contributed by atoms with van der Waals surface area (Å²) in [6, 6.07) is 3.41. The maximum absolute atomic E-state index is 13.4. The van der Waals surface area contributed by atoms with Crippen molar-refractivity contribution >= 4 is 11.8 Å². The fraction of sp³-hybridized carbons (Fsp3) is 0.455. The number of thioether (sulfide) groups is 1. The van der Waals surface area contributed by atoms with E-state index in [0.717, 1.165) is 18.6 Å². The van der Waals surface area contributed by atoms with E-state index >= 15 is 0 Å². The van der Waals surface area contributed by atoms with Gasteiger partial charge < -0.3 is 10.5 Å². The lowest BCUT2D eigenvalue weighted by molar-refractivity contribution is 0.0915. The number of ether oxygens (including phenoxy) is 1. The van der Waals surface area contributed by atoms with E-state index in [1.165, 1.54) is 17.8 Å². The third kappa shape index (κ3) is 2.72. The summed E-state index contributed by atoms with van der Waals surface area (Å²) in [5.41, 5.74) is 5.90. The Morgan fingerprint density at radius 3 is 2.94 bits per heavy atom. The summed E-state index contributed by atoms with van der Waals surface area (Å²) in [6.45, 7) is 1.13. The first-order chi connectivity index (χ1) is 7.66. The summed E-state index contributed by atoms with van der Waals surface area (Å²) in [5.74, 6) is -0.849. The van der Waals surface area contributed by atoms with Crippen LogP contribution in [-0.4, -0.2) is 24.5 Å². The maximum Gasteiger partial charge on any atom is 0.136 e. The van der Waals surface area contributed by atoms with E-state index in [1.54, 1.807) is 0 Å². The van der Waals surface area contributed by atoms with Gasteiger partial charge in [0.05, 0.1) is 6.61 Å². The average molecular weight is 245 g/mol. The van der Waals surface area contributed by atoms with Crippen molar-refractivity contribution in [2.24, 2.45) is 5.73 Å². The van der Waals surface area contributed by atoms with Crippen molar-refractivity contribution in [1.82, 2.24) is 0 Å². The quantitative estimate of drug-likeness (QED) is 0.867. The van der Waals surface area contributed by atoms with Crippen LogP contribution in [0.3, 0.4) is 0 Å². The van der Waals surface area contributed by atoms with E-state index < -0.39 is 11.6 Å². The molecule has 0 bridgehead atoms. The van der Waals surface area contributed by atoms with Gasteiger partial charge in [-0.25, -0.2) is 8.78 Å². The summed E-state index contributed by atoms with van der Waals surface area (Å²) in [6.07, 6.45) is 0.759. The van der Waals surface area contributed by atoms with Gasteiger partial charge >= 0.3 is 0 Å². The zero-order valence-corrected chi connectivity index (χ0v) is 9.47. The van der Waals surface area contributed by atoms with Crippen LogP contribution in [-0.2, 0) is 4.74 Å². The number of benzene rings is 1. The summed E-state index contributed by atoms with van der Waals surface area (Å²) in [5, 5.41) is -0.00921. The second kappa shape index (κ2) is 5.12. The Bertz CT molecular complexity index is 375. The first kappa shape index (κ1) is 11.8. The van der Waals surface area contributed by atoms with E-state index in [2.05, 4.69) is 0 Å². The first-order valence-electron chi connectivity index (χ1n) is 5.12. The van der Waals surface area contributed by atoms with Gasteiger partial charge in [0.25, 0.3) is 0 Å². The molecule has 2 nitrogen and oxygen atoms in total. The first-order valence-corrected chi connectivity index (χ1v) is 6.00. The third-order valence-corrected chi connectivity index (χ3v) is 3.88. The lowest BCUT2D eigenvalue weighted by Crippen LogP contribution is -2.40. The van der Waals surface area contributed by atoms with Crippen LogP contribution in [0, 0.1) is 11.6 Å². The molecular formula is C11H13F2NOS.